The zero-order valence-electron chi connectivity index (χ0n) is 13.0. The summed E-state index contributed by atoms with van der Waals surface area (Å²) in [7, 11) is 3.26. The molecule has 3 aromatic rings. The summed E-state index contributed by atoms with van der Waals surface area (Å²) in [5.41, 5.74) is 1.86. The summed E-state index contributed by atoms with van der Waals surface area (Å²) in [6.07, 6.45) is 0. The third-order valence-corrected chi connectivity index (χ3v) is 5.61. The molecule has 0 spiro atoms. The van der Waals surface area contributed by atoms with Crippen LogP contribution in [0.15, 0.2) is 40.7 Å². The van der Waals surface area contributed by atoms with E-state index in [0.29, 0.717) is 5.75 Å². The van der Waals surface area contributed by atoms with Crippen LogP contribution in [0.5, 0.6) is 11.5 Å². The minimum absolute atomic E-state index is 0.0807. The number of thiazole rings is 1. The Bertz CT molecular complexity index is 895. The van der Waals surface area contributed by atoms with Gasteiger partial charge in [-0.2, -0.15) is 0 Å². The van der Waals surface area contributed by atoms with E-state index in [0.717, 1.165) is 31.6 Å². The molecule has 0 saturated heterocycles. The fraction of sp³-hybridized carbons (Fsp3) is 0.188. The lowest BCUT2D eigenvalue weighted by Crippen LogP contribution is -1.92. The standard InChI is InChI=1S/C16H14N2O4S2/c1-21-12-4-6-14(22-2)10(7-12)9-23-16-17-13-5-3-11(18(19)20)8-15(13)24-16/h3-8H,9H2,1-2H3. The van der Waals surface area contributed by atoms with Gasteiger partial charge in [-0.25, -0.2) is 4.98 Å². The molecule has 3 rings (SSSR count). The molecule has 0 unspecified atom stereocenters. The van der Waals surface area contributed by atoms with E-state index in [4.69, 9.17) is 9.47 Å². The van der Waals surface area contributed by atoms with Crippen molar-refractivity contribution in [1.29, 1.82) is 0 Å². The summed E-state index contributed by atoms with van der Waals surface area (Å²) in [6, 6.07) is 10.4. The summed E-state index contributed by atoms with van der Waals surface area (Å²) >= 11 is 3.01. The molecule has 0 saturated carbocycles. The summed E-state index contributed by atoms with van der Waals surface area (Å²) < 4.78 is 12.3. The second kappa shape index (κ2) is 7.06. The number of aromatic nitrogens is 1. The summed E-state index contributed by atoms with van der Waals surface area (Å²) in [5, 5.41) is 10.9. The summed E-state index contributed by atoms with van der Waals surface area (Å²) in [4.78, 5) is 15.0. The van der Waals surface area contributed by atoms with Crippen molar-refractivity contribution in [2.75, 3.05) is 14.2 Å². The number of nitro groups is 1. The quantitative estimate of drug-likeness (QED) is 0.365. The lowest BCUT2D eigenvalue weighted by atomic mass is 10.2. The molecule has 0 atom stereocenters. The van der Waals surface area contributed by atoms with Crippen LogP contribution >= 0.6 is 23.1 Å². The molecule has 0 radical (unpaired) electrons. The zero-order valence-corrected chi connectivity index (χ0v) is 14.6. The predicted octanol–water partition coefficient (Wildman–Crippen LogP) is 4.51. The van der Waals surface area contributed by atoms with Crippen LogP contribution in [-0.4, -0.2) is 24.1 Å². The van der Waals surface area contributed by atoms with E-state index in [2.05, 4.69) is 4.98 Å². The van der Waals surface area contributed by atoms with Crippen LogP contribution in [0.25, 0.3) is 10.2 Å². The highest BCUT2D eigenvalue weighted by Crippen LogP contribution is 2.35. The Kier molecular flexibility index (Phi) is 4.86. The fourth-order valence-electron chi connectivity index (χ4n) is 2.20. The van der Waals surface area contributed by atoms with Crippen LogP contribution in [0.2, 0.25) is 0 Å². The summed E-state index contributed by atoms with van der Waals surface area (Å²) in [6.45, 7) is 0. The molecule has 8 heteroatoms. The lowest BCUT2D eigenvalue weighted by molar-refractivity contribution is -0.384. The number of rotatable bonds is 6. The van der Waals surface area contributed by atoms with Gasteiger partial charge in [-0.05, 0) is 24.3 Å². The summed E-state index contributed by atoms with van der Waals surface area (Å²) in [5.74, 6) is 2.23. The Hall–Kier alpha value is -2.32. The van der Waals surface area contributed by atoms with Gasteiger partial charge in [0.25, 0.3) is 5.69 Å². The topological polar surface area (TPSA) is 74.5 Å². The molecule has 0 aliphatic heterocycles. The number of fused-ring (bicyclic) bond motifs is 1. The Labute approximate surface area is 146 Å². The van der Waals surface area contributed by atoms with Gasteiger partial charge < -0.3 is 9.47 Å². The van der Waals surface area contributed by atoms with Gasteiger partial charge in [-0.1, -0.05) is 11.8 Å². The Morgan fingerprint density at radius 1 is 1.21 bits per heavy atom. The van der Waals surface area contributed by atoms with Gasteiger partial charge in [0.15, 0.2) is 4.34 Å². The van der Waals surface area contributed by atoms with E-state index in [-0.39, 0.29) is 5.69 Å². The molecule has 1 heterocycles. The molecule has 0 fully saturated rings. The van der Waals surface area contributed by atoms with Crippen molar-refractivity contribution in [2.45, 2.75) is 10.1 Å². The predicted molar refractivity (Wildman–Crippen MR) is 95.4 cm³/mol. The number of non-ortho nitro benzene ring substituents is 1. The second-order valence-electron chi connectivity index (χ2n) is 4.86. The van der Waals surface area contributed by atoms with Crippen molar-refractivity contribution < 1.29 is 14.4 Å². The van der Waals surface area contributed by atoms with Gasteiger partial charge in [-0.3, -0.25) is 10.1 Å². The largest absolute Gasteiger partial charge is 0.497 e. The molecule has 0 aliphatic carbocycles. The average Bonchev–Trinajstić information content (AvgIpc) is 3.01. The molecule has 0 aliphatic rings. The third kappa shape index (κ3) is 3.44. The highest BCUT2D eigenvalue weighted by atomic mass is 32.2. The van der Waals surface area contributed by atoms with Crippen molar-refractivity contribution in [3.8, 4) is 11.5 Å². The van der Waals surface area contributed by atoms with Crippen LogP contribution in [0, 0.1) is 10.1 Å². The number of benzene rings is 2. The van der Waals surface area contributed by atoms with Crippen molar-refractivity contribution in [3.63, 3.8) is 0 Å². The number of nitrogens with zero attached hydrogens (tertiary/aromatic N) is 2. The Morgan fingerprint density at radius 3 is 2.75 bits per heavy atom. The Morgan fingerprint density at radius 2 is 2.04 bits per heavy atom. The molecule has 0 bridgehead atoms. The maximum atomic E-state index is 10.9. The van der Waals surface area contributed by atoms with Crippen molar-refractivity contribution in [1.82, 2.24) is 4.98 Å². The first-order valence-corrected chi connectivity index (χ1v) is 8.79. The van der Waals surface area contributed by atoms with Crippen LogP contribution in [0.3, 0.4) is 0 Å². The van der Waals surface area contributed by atoms with Crippen molar-refractivity contribution in [2.24, 2.45) is 0 Å². The molecule has 0 amide bonds. The third-order valence-electron chi connectivity index (χ3n) is 3.40. The van der Waals surface area contributed by atoms with Crippen molar-refractivity contribution >= 4 is 39.0 Å². The van der Waals surface area contributed by atoms with E-state index in [1.807, 2.05) is 18.2 Å². The van der Waals surface area contributed by atoms with E-state index >= 15 is 0 Å². The number of hydrogen-bond donors (Lipinski definition) is 0. The van der Waals surface area contributed by atoms with Gasteiger partial charge in [-0.15, -0.1) is 11.3 Å². The highest BCUT2D eigenvalue weighted by Gasteiger charge is 2.12. The molecule has 0 N–H and O–H groups in total. The fourth-order valence-corrected chi connectivity index (χ4v) is 4.28. The minimum Gasteiger partial charge on any atom is -0.497 e. The van der Waals surface area contributed by atoms with Crippen LogP contribution in [0.4, 0.5) is 5.69 Å². The molecule has 1 aromatic heterocycles. The first kappa shape index (κ1) is 16.5. The van der Waals surface area contributed by atoms with Crippen LogP contribution in [-0.2, 0) is 5.75 Å². The monoisotopic (exact) mass is 362 g/mol. The van der Waals surface area contributed by atoms with Gasteiger partial charge in [0.2, 0.25) is 0 Å². The molecular weight excluding hydrogens is 348 g/mol. The van der Waals surface area contributed by atoms with E-state index in [1.165, 1.54) is 17.4 Å². The maximum Gasteiger partial charge on any atom is 0.270 e. The molecule has 124 valence electrons. The first-order chi connectivity index (χ1) is 11.6. The van der Waals surface area contributed by atoms with E-state index < -0.39 is 4.92 Å². The first-order valence-electron chi connectivity index (χ1n) is 6.99. The maximum absolute atomic E-state index is 10.9. The van der Waals surface area contributed by atoms with Gasteiger partial charge in [0.1, 0.15) is 11.5 Å². The molecular formula is C16H14N2O4S2. The van der Waals surface area contributed by atoms with E-state index in [1.54, 1.807) is 38.1 Å². The molecule has 6 nitrogen and oxygen atoms in total. The molecule has 2 aromatic carbocycles. The van der Waals surface area contributed by atoms with E-state index in [9.17, 15) is 10.1 Å². The highest BCUT2D eigenvalue weighted by molar-refractivity contribution is 8.00. The number of ether oxygens (including phenoxy) is 2. The normalized spacial score (nSPS) is 10.8. The van der Waals surface area contributed by atoms with Gasteiger partial charge >= 0.3 is 0 Å². The second-order valence-corrected chi connectivity index (χ2v) is 7.11. The number of thioether (sulfide) groups is 1. The molecule has 24 heavy (non-hydrogen) atoms. The lowest BCUT2D eigenvalue weighted by Gasteiger charge is -2.09. The minimum atomic E-state index is -0.396. The smallest absolute Gasteiger partial charge is 0.270 e. The van der Waals surface area contributed by atoms with Crippen LogP contribution in [0.1, 0.15) is 5.56 Å². The Balaban J connectivity index is 1.82. The van der Waals surface area contributed by atoms with Gasteiger partial charge in [0, 0.05) is 23.4 Å². The number of nitro benzene ring substituents is 1. The van der Waals surface area contributed by atoms with Gasteiger partial charge in [0.05, 0.1) is 29.4 Å². The van der Waals surface area contributed by atoms with Crippen LogP contribution < -0.4 is 9.47 Å². The zero-order chi connectivity index (χ0) is 17.1. The number of methoxy groups -OCH3 is 2. The number of hydrogen-bond acceptors (Lipinski definition) is 7. The average molecular weight is 362 g/mol. The SMILES string of the molecule is COc1ccc(OC)c(CSc2nc3ccc([N+](=O)[O-])cc3s2)c1. The van der Waals surface area contributed by atoms with Crippen molar-refractivity contribution in [3.05, 3.63) is 52.1 Å².